The van der Waals surface area contributed by atoms with Crippen LogP contribution in [0.3, 0.4) is 0 Å². The number of rotatable bonds is 9. The highest BCUT2D eigenvalue weighted by Crippen LogP contribution is 2.33. The number of pyridine rings is 1. The fourth-order valence-electron chi connectivity index (χ4n) is 3.34. The Morgan fingerprint density at radius 1 is 1.09 bits per heavy atom. The minimum Gasteiger partial charge on any atom is -0.455 e. The Hall–Kier alpha value is -2.92. The number of carbonyl (C=O) groups is 1. The van der Waals surface area contributed by atoms with Crippen LogP contribution in [0.15, 0.2) is 78.0 Å². The first-order valence-electron chi connectivity index (χ1n) is 10.7. The number of sulfonamides is 1. The Kier molecular flexibility index (Phi) is 8.17. The standard InChI is InChI=1S/C24H25N3O5S2/c28-24(18-33-17-19-5-4-10-25-16-19)26-22-15-21(34(29,30)27-11-13-31-14-12-27)8-9-23(22)32-20-6-2-1-3-7-20/h1-10,15-16H,11-14,17-18H2,(H,26,28). The van der Waals surface area contributed by atoms with E-state index in [9.17, 15) is 13.2 Å². The first kappa shape index (κ1) is 24.2. The highest BCUT2D eigenvalue weighted by Gasteiger charge is 2.27. The summed E-state index contributed by atoms with van der Waals surface area (Å²) in [5, 5.41) is 2.82. The largest absolute Gasteiger partial charge is 0.455 e. The molecule has 34 heavy (non-hydrogen) atoms. The van der Waals surface area contributed by atoms with Crippen molar-refractivity contribution in [3.8, 4) is 11.5 Å². The van der Waals surface area contributed by atoms with E-state index in [1.807, 2.05) is 30.3 Å². The van der Waals surface area contributed by atoms with Gasteiger partial charge in [0.25, 0.3) is 0 Å². The minimum absolute atomic E-state index is 0.0909. The van der Waals surface area contributed by atoms with Crippen LogP contribution in [0.4, 0.5) is 5.69 Å². The number of benzene rings is 2. The number of morpholine rings is 1. The number of hydrogen-bond acceptors (Lipinski definition) is 7. The maximum absolute atomic E-state index is 13.1. The molecule has 0 bridgehead atoms. The molecule has 10 heteroatoms. The molecule has 0 saturated carbocycles. The van der Waals surface area contributed by atoms with Gasteiger partial charge in [0.2, 0.25) is 15.9 Å². The zero-order chi connectivity index (χ0) is 23.8. The molecule has 1 amide bonds. The summed E-state index contributed by atoms with van der Waals surface area (Å²) in [6, 6.07) is 17.4. The smallest absolute Gasteiger partial charge is 0.243 e. The maximum Gasteiger partial charge on any atom is 0.243 e. The van der Waals surface area contributed by atoms with Crippen molar-refractivity contribution in [3.63, 3.8) is 0 Å². The Balaban J connectivity index is 1.52. The van der Waals surface area contributed by atoms with Crippen LogP contribution < -0.4 is 10.1 Å². The highest BCUT2D eigenvalue weighted by atomic mass is 32.2. The number of ether oxygens (including phenoxy) is 2. The third-order valence-corrected chi connectivity index (χ3v) is 7.93. The summed E-state index contributed by atoms with van der Waals surface area (Å²) in [5.41, 5.74) is 1.32. The summed E-state index contributed by atoms with van der Waals surface area (Å²) < 4.78 is 38.9. The van der Waals surface area contributed by atoms with Crippen molar-refractivity contribution in [2.45, 2.75) is 10.6 Å². The van der Waals surface area contributed by atoms with Crippen LogP contribution in [0, 0.1) is 0 Å². The Labute approximate surface area is 203 Å². The van der Waals surface area contributed by atoms with Gasteiger partial charge in [0, 0.05) is 31.2 Å². The molecule has 2 aromatic carbocycles. The second-order valence-electron chi connectivity index (χ2n) is 7.49. The number of anilines is 1. The monoisotopic (exact) mass is 499 g/mol. The minimum atomic E-state index is -3.73. The van der Waals surface area contributed by atoms with Crippen molar-refractivity contribution in [2.24, 2.45) is 0 Å². The average Bonchev–Trinajstić information content (AvgIpc) is 2.87. The van der Waals surface area contributed by atoms with Gasteiger partial charge in [0.05, 0.1) is 29.5 Å². The lowest BCUT2D eigenvalue weighted by Gasteiger charge is -2.26. The molecule has 1 aromatic heterocycles. The van der Waals surface area contributed by atoms with Gasteiger partial charge in [-0.05, 0) is 42.0 Å². The summed E-state index contributed by atoms with van der Waals surface area (Å²) in [5.74, 6) is 1.51. The van der Waals surface area contributed by atoms with Crippen LogP contribution in [0.25, 0.3) is 0 Å². The van der Waals surface area contributed by atoms with E-state index in [-0.39, 0.29) is 29.6 Å². The van der Waals surface area contributed by atoms with Gasteiger partial charge in [-0.25, -0.2) is 8.42 Å². The van der Waals surface area contributed by atoms with Crippen LogP contribution in [-0.4, -0.2) is 55.7 Å². The van der Waals surface area contributed by atoms with E-state index >= 15 is 0 Å². The van der Waals surface area contributed by atoms with Gasteiger partial charge in [-0.2, -0.15) is 4.31 Å². The van der Waals surface area contributed by atoms with Gasteiger partial charge in [-0.3, -0.25) is 9.78 Å². The fraction of sp³-hybridized carbons (Fsp3) is 0.250. The Bertz CT molecular complexity index is 1200. The first-order valence-corrected chi connectivity index (χ1v) is 13.3. The molecule has 0 spiro atoms. The highest BCUT2D eigenvalue weighted by molar-refractivity contribution is 7.99. The predicted octanol–water partition coefficient (Wildman–Crippen LogP) is 3.77. The molecule has 1 saturated heterocycles. The van der Waals surface area contributed by atoms with Gasteiger partial charge in [-0.15, -0.1) is 11.8 Å². The van der Waals surface area contributed by atoms with Gasteiger partial charge in [0.15, 0.2) is 5.75 Å². The van der Waals surface area contributed by atoms with Crippen molar-refractivity contribution in [3.05, 3.63) is 78.6 Å². The quantitative estimate of drug-likeness (QED) is 0.479. The number of carbonyl (C=O) groups excluding carboxylic acids is 1. The fourth-order valence-corrected chi connectivity index (χ4v) is 5.54. The molecule has 3 aromatic rings. The average molecular weight is 500 g/mol. The number of para-hydroxylation sites is 1. The third-order valence-electron chi connectivity index (χ3n) is 5.03. The van der Waals surface area contributed by atoms with Crippen LogP contribution in [0.5, 0.6) is 11.5 Å². The van der Waals surface area contributed by atoms with E-state index in [2.05, 4.69) is 10.3 Å². The lowest BCUT2D eigenvalue weighted by atomic mass is 10.2. The summed E-state index contributed by atoms with van der Waals surface area (Å²) >= 11 is 1.44. The van der Waals surface area contributed by atoms with Crippen molar-refractivity contribution in [1.82, 2.24) is 9.29 Å². The predicted molar refractivity (Wildman–Crippen MR) is 132 cm³/mol. The SMILES string of the molecule is O=C(CSCc1cccnc1)Nc1cc(S(=O)(=O)N2CCOCC2)ccc1Oc1ccccc1. The van der Waals surface area contributed by atoms with Gasteiger partial charge in [0.1, 0.15) is 5.75 Å². The van der Waals surface area contributed by atoms with Crippen molar-refractivity contribution >= 4 is 33.4 Å². The van der Waals surface area contributed by atoms with Gasteiger partial charge >= 0.3 is 0 Å². The molecule has 0 atom stereocenters. The van der Waals surface area contributed by atoms with Crippen LogP contribution in [-0.2, 0) is 25.3 Å². The van der Waals surface area contributed by atoms with Crippen molar-refractivity contribution in [2.75, 3.05) is 37.4 Å². The normalized spacial score (nSPS) is 14.5. The molecule has 1 fully saturated rings. The molecule has 0 unspecified atom stereocenters. The lowest BCUT2D eigenvalue weighted by molar-refractivity contribution is -0.113. The topological polar surface area (TPSA) is 97.8 Å². The first-order chi connectivity index (χ1) is 16.5. The molecule has 0 radical (unpaired) electrons. The number of nitrogens with one attached hydrogen (secondary N) is 1. The van der Waals surface area contributed by atoms with Gasteiger partial charge in [-0.1, -0.05) is 24.3 Å². The van der Waals surface area contributed by atoms with E-state index < -0.39 is 10.0 Å². The number of amides is 1. The number of thioether (sulfide) groups is 1. The lowest BCUT2D eigenvalue weighted by Crippen LogP contribution is -2.40. The van der Waals surface area contributed by atoms with Crippen molar-refractivity contribution in [1.29, 1.82) is 0 Å². The van der Waals surface area contributed by atoms with E-state index in [0.29, 0.717) is 36.2 Å². The molecule has 0 aliphatic carbocycles. The molecule has 1 aliphatic rings. The van der Waals surface area contributed by atoms with E-state index in [4.69, 9.17) is 9.47 Å². The van der Waals surface area contributed by atoms with Crippen LogP contribution >= 0.6 is 11.8 Å². The number of nitrogens with zero attached hydrogens (tertiary/aromatic N) is 2. The van der Waals surface area contributed by atoms with E-state index in [0.717, 1.165) is 5.56 Å². The maximum atomic E-state index is 13.1. The summed E-state index contributed by atoms with van der Waals surface area (Å²) in [4.78, 5) is 16.9. The summed E-state index contributed by atoms with van der Waals surface area (Å²) in [7, 11) is -3.73. The van der Waals surface area contributed by atoms with E-state index in [1.54, 1.807) is 30.6 Å². The van der Waals surface area contributed by atoms with Crippen LogP contribution in [0.1, 0.15) is 5.56 Å². The zero-order valence-corrected chi connectivity index (χ0v) is 20.1. The Morgan fingerprint density at radius 2 is 1.88 bits per heavy atom. The molecule has 4 rings (SSSR count). The second kappa shape index (κ2) is 11.5. The third kappa shape index (κ3) is 6.35. The summed E-state index contributed by atoms with van der Waals surface area (Å²) in [6.07, 6.45) is 3.46. The van der Waals surface area contributed by atoms with E-state index in [1.165, 1.54) is 28.2 Å². The van der Waals surface area contributed by atoms with Gasteiger partial charge < -0.3 is 14.8 Å². The summed E-state index contributed by atoms with van der Waals surface area (Å²) in [6.45, 7) is 1.28. The molecular weight excluding hydrogens is 474 g/mol. The Morgan fingerprint density at radius 3 is 2.62 bits per heavy atom. The second-order valence-corrected chi connectivity index (χ2v) is 10.4. The molecule has 1 aliphatic heterocycles. The molecule has 2 heterocycles. The molecular formula is C24H25N3O5S2. The molecule has 1 N–H and O–H groups in total. The number of aromatic nitrogens is 1. The van der Waals surface area contributed by atoms with Crippen molar-refractivity contribution < 1.29 is 22.7 Å². The number of hydrogen-bond donors (Lipinski definition) is 1. The zero-order valence-electron chi connectivity index (χ0n) is 18.4. The molecule has 178 valence electrons. The molecule has 8 nitrogen and oxygen atoms in total. The van der Waals surface area contributed by atoms with Crippen LogP contribution in [0.2, 0.25) is 0 Å².